The molecule has 2 rings (SSSR count). The van der Waals surface area contributed by atoms with E-state index in [0.717, 1.165) is 0 Å². The molecule has 0 bridgehead atoms. The summed E-state index contributed by atoms with van der Waals surface area (Å²) in [6.07, 6.45) is 0. The monoisotopic (exact) mass is 342 g/mol. The first-order valence-electron chi connectivity index (χ1n) is 5.29. The molecular weight excluding hydrogens is 335 g/mol. The van der Waals surface area contributed by atoms with Crippen molar-refractivity contribution in [2.45, 2.75) is 0 Å². The van der Waals surface area contributed by atoms with Crippen molar-refractivity contribution in [3.05, 3.63) is 57.3 Å². The number of nitrogens with one attached hydrogen (secondary N) is 1. The van der Waals surface area contributed by atoms with Gasteiger partial charge in [-0.2, -0.15) is 0 Å². The van der Waals surface area contributed by atoms with Crippen LogP contribution >= 0.6 is 27.5 Å². The van der Waals surface area contributed by atoms with Crippen LogP contribution in [0.4, 0.5) is 15.8 Å². The van der Waals surface area contributed by atoms with E-state index in [-0.39, 0.29) is 5.56 Å². The standard InChI is InChI=1S/C13H9BrClFN2O/c14-10-3-2-8(6-11(10)16)18-13(19)9-5-7(15)1-4-12(9)17/h1-6H,17H2,(H,18,19). The highest BCUT2D eigenvalue weighted by Crippen LogP contribution is 2.22. The Morgan fingerprint density at radius 1 is 1.26 bits per heavy atom. The van der Waals surface area contributed by atoms with Gasteiger partial charge in [-0.3, -0.25) is 4.79 Å². The van der Waals surface area contributed by atoms with Gasteiger partial charge in [0, 0.05) is 16.4 Å². The first-order valence-corrected chi connectivity index (χ1v) is 6.46. The summed E-state index contributed by atoms with van der Waals surface area (Å²) in [6.45, 7) is 0. The Labute approximate surface area is 122 Å². The maximum absolute atomic E-state index is 13.3. The quantitative estimate of drug-likeness (QED) is 0.807. The number of hydrogen-bond donors (Lipinski definition) is 2. The van der Waals surface area contributed by atoms with E-state index in [1.54, 1.807) is 18.2 Å². The van der Waals surface area contributed by atoms with Crippen LogP contribution in [0.25, 0.3) is 0 Å². The average molecular weight is 344 g/mol. The van der Waals surface area contributed by atoms with Crippen LogP contribution in [-0.4, -0.2) is 5.91 Å². The predicted molar refractivity (Wildman–Crippen MR) is 77.9 cm³/mol. The third-order valence-corrected chi connectivity index (χ3v) is 3.32. The lowest BCUT2D eigenvalue weighted by Gasteiger charge is -2.08. The second-order valence-electron chi connectivity index (χ2n) is 3.81. The normalized spacial score (nSPS) is 10.3. The van der Waals surface area contributed by atoms with Crippen LogP contribution in [0.2, 0.25) is 5.02 Å². The highest BCUT2D eigenvalue weighted by Gasteiger charge is 2.11. The molecule has 1 amide bonds. The number of hydrogen-bond acceptors (Lipinski definition) is 2. The molecule has 98 valence electrons. The molecule has 3 N–H and O–H groups in total. The minimum atomic E-state index is -0.461. The molecule has 0 aliphatic carbocycles. The number of rotatable bonds is 2. The van der Waals surface area contributed by atoms with E-state index in [9.17, 15) is 9.18 Å². The van der Waals surface area contributed by atoms with Crippen LogP contribution in [0, 0.1) is 5.82 Å². The SMILES string of the molecule is Nc1ccc(Cl)cc1C(=O)Nc1ccc(Br)c(F)c1. The molecule has 0 spiro atoms. The van der Waals surface area contributed by atoms with Crippen LogP contribution in [0.1, 0.15) is 10.4 Å². The summed E-state index contributed by atoms with van der Waals surface area (Å²) < 4.78 is 13.7. The molecule has 0 atom stereocenters. The Balaban J connectivity index is 2.25. The summed E-state index contributed by atoms with van der Waals surface area (Å²) in [5.41, 5.74) is 6.59. The van der Waals surface area contributed by atoms with Crippen molar-refractivity contribution in [3.63, 3.8) is 0 Å². The van der Waals surface area contributed by atoms with Crippen LogP contribution in [0.3, 0.4) is 0 Å². The number of amides is 1. The zero-order valence-electron chi connectivity index (χ0n) is 9.58. The lowest BCUT2D eigenvalue weighted by molar-refractivity contribution is 0.102. The predicted octanol–water partition coefficient (Wildman–Crippen LogP) is 4.08. The zero-order chi connectivity index (χ0) is 14.0. The van der Waals surface area contributed by atoms with E-state index >= 15 is 0 Å². The Hall–Kier alpha value is -1.59. The van der Waals surface area contributed by atoms with E-state index in [4.69, 9.17) is 17.3 Å². The van der Waals surface area contributed by atoms with Crippen LogP contribution in [-0.2, 0) is 0 Å². The van der Waals surface area contributed by atoms with Gasteiger partial charge in [-0.15, -0.1) is 0 Å². The van der Waals surface area contributed by atoms with Crippen molar-refractivity contribution in [3.8, 4) is 0 Å². The minimum absolute atomic E-state index is 0.246. The summed E-state index contributed by atoms with van der Waals surface area (Å²) in [6, 6.07) is 8.88. The topological polar surface area (TPSA) is 55.1 Å². The molecule has 0 aliphatic rings. The molecule has 0 aromatic heterocycles. The molecule has 0 saturated carbocycles. The average Bonchev–Trinajstić information content (AvgIpc) is 2.36. The molecule has 0 radical (unpaired) electrons. The fourth-order valence-corrected chi connectivity index (χ4v) is 1.92. The Morgan fingerprint density at radius 2 is 2.00 bits per heavy atom. The van der Waals surface area contributed by atoms with E-state index in [1.807, 2.05) is 0 Å². The van der Waals surface area contributed by atoms with Crippen molar-refractivity contribution < 1.29 is 9.18 Å². The molecule has 0 saturated heterocycles. The van der Waals surface area contributed by atoms with Gasteiger partial charge < -0.3 is 11.1 Å². The van der Waals surface area contributed by atoms with Crippen molar-refractivity contribution in [2.24, 2.45) is 0 Å². The molecule has 2 aromatic carbocycles. The number of anilines is 2. The summed E-state index contributed by atoms with van der Waals surface area (Å²) in [5.74, 6) is -0.904. The first kappa shape index (κ1) is 13.8. The lowest BCUT2D eigenvalue weighted by atomic mass is 10.1. The van der Waals surface area contributed by atoms with Gasteiger partial charge in [0.15, 0.2) is 0 Å². The molecule has 19 heavy (non-hydrogen) atoms. The van der Waals surface area contributed by atoms with E-state index < -0.39 is 11.7 Å². The Bertz CT molecular complexity index is 649. The Kier molecular flexibility index (Phi) is 4.07. The van der Waals surface area contributed by atoms with Crippen molar-refractivity contribution in [1.29, 1.82) is 0 Å². The number of benzene rings is 2. The largest absolute Gasteiger partial charge is 0.398 e. The first-order chi connectivity index (χ1) is 8.97. The number of halogens is 3. The van der Waals surface area contributed by atoms with Gasteiger partial charge in [-0.1, -0.05) is 11.6 Å². The molecule has 0 unspecified atom stereocenters. The van der Waals surface area contributed by atoms with Crippen LogP contribution in [0.5, 0.6) is 0 Å². The smallest absolute Gasteiger partial charge is 0.257 e. The zero-order valence-corrected chi connectivity index (χ0v) is 11.9. The molecule has 0 aliphatic heterocycles. The van der Waals surface area contributed by atoms with Gasteiger partial charge in [0.25, 0.3) is 5.91 Å². The second kappa shape index (κ2) is 5.59. The number of nitrogens with two attached hydrogens (primary N) is 1. The fourth-order valence-electron chi connectivity index (χ4n) is 1.50. The van der Waals surface area contributed by atoms with E-state index in [2.05, 4.69) is 21.2 Å². The van der Waals surface area contributed by atoms with Crippen LogP contribution < -0.4 is 11.1 Å². The summed E-state index contributed by atoms with van der Waals surface area (Å²) in [5, 5.41) is 2.96. The molecule has 2 aromatic rings. The molecule has 0 heterocycles. The summed E-state index contributed by atoms with van der Waals surface area (Å²) >= 11 is 8.84. The van der Waals surface area contributed by atoms with Gasteiger partial charge in [0.2, 0.25) is 0 Å². The van der Waals surface area contributed by atoms with E-state index in [0.29, 0.717) is 20.9 Å². The maximum atomic E-state index is 13.3. The van der Waals surface area contributed by atoms with Crippen molar-refractivity contribution in [2.75, 3.05) is 11.1 Å². The van der Waals surface area contributed by atoms with Gasteiger partial charge in [-0.25, -0.2) is 4.39 Å². The van der Waals surface area contributed by atoms with Gasteiger partial charge >= 0.3 is 0 Å². The van der Waals surface area contributed by atoms with Gasteiger partial charge in [0.05, 0.1) is 10.0 Å². The highest BCUT2D eigenvalue weighted by atomic mass is 79.9. The molecule has 0 fully saturated rings. The fraction of sp³-hybridized carbons (Fsp3) is 0. The van der Waals surface area contributed by atoms with Gasteiger partial charge in [0.1, 0.15) is 5.82 Å². The van der Waals surface area contributed by atoms with Crippen LogP contribution in [0.15, 0.2) is 40.9 Å². The number of carbonyl (C=O) groups excluding carboxylic acids is 1. The highest BCUT2D eigenvalue weighted by molar-refractivity contribution is 9.10. The molecular formula is C13H9BrClFN2O. The second-order valence-corrected chi connectivity index (χ2v) is 5.11. The number of carbonyl (C=O) groups is 1. The van der Waals surface area contributed by atoms with Gasteiger partial charge in [-0.05, 0) is 52.3 Å². The molecule has 3 nitrogen and oxygen atoms in total. The lowest BCUT2D eigenvalue weighted by Crippen LogP contribution is -2.14. The third-order valence-electron chi connectivity index (χ3n) is 2.44. The summed E-state index contributed by atoms with van der Waals surface area (Å²) in [7, 11) is 0. The van der Waals surface area contributed by atoms with E-state index in [1.165, 1.54) is 18.2 Å². The minimum Gasteiger partial charge on any atom is -0.398 e. The maximum Gasteiger partial charge on any atom is 0.257 e. The van der Waals surface area contributed by atoms with Crippen molar-refractivity contribution >= 4 is 44.8 Å². The van der Waals surface area contributed by atoms with Crippen molar-refractivity contribution in [1.82, 2.24) is 0 Å². The molecule has 6 heteroatoms. The Morgan fingerprint density at radius 3 is 2.68 bits per heavy atom. The summed E-state index contributed by atoms with van der Waals surface area (Å²) in [4.78, 5) is 12.0. The third kappa shape index (κ3) is 3.24. The number of nitrogen functional groups attached to an aromatic ring is 1.